The van der Waals surface area contributed by atoms with Gasteiger partial charge < -0.3 is 20.9 Å². The Kier molecular flexibility index (Phi) is 5.10. The Labute approximate surface area is 185 Å². The van der Waals surface area contributed by atoms with Gasteiger partial charge in [-0.05, 0) is 35.4 Å². The van der Waals surface area contributed by atoms with E-state index in [1.165, 1.54) is 11.1 Å². The van der Waals surface area contributed by atoms with Gasteiger partial charge in [-0.2, -0.15) is 0 Å². The van der Waals surface area contributed by atoms with Gasteiger partial charge in [-0.25, -0.2) is 4.98 Å². The lowest BCUT2D eigenvalue weighted by molar-refractivity contribution is -0.121. The first-order valence-corrected chi connectivity index (χ1v) is 10.6. The van der Waals surface area contributed by atoms with Crippen molar-refractivity contribution in [2.75, 3.05) is 12.4 Å². The smallest absolute Gasteiger partial charge is 0.246 e. The minimum absolute atomic E-state index is 0.161. The molecule has 2 heterocycles. The molecule has 31 heavy (non-hydrogen) atoms. The van der Waals surface area contributed by atoms with Gasteiger partial charge in [-0.1, -0.05) is 48.0 Å². The normalized spacial score (nSPS) is 13.7. The Balaban J connectivity index is 1.59. The second kappa shape index (κ2) is 8.06. The number of halogens is 1. The van der Waals surface area contributed by atoms with E-state index in [1.807, 2.05) is 42.5 Å². The first kappa shape index (κ1) is 19.6. The van der Waals surface area contributed by atoms with Crippen molar-refractivity contribution in [1.82, 2.24) is 20.6 Å². The van der Waals surface area contributed by atoms with Crippen LogP contribution in [0.25, 0.3) is 22.4 Å². The van der Waals surface area contributed by atoms with Crippen LogP contribution in [0.3, 0.4) is 0 Å². The molecular weight excluding hydrogens is 410 g/mol. The number of carbonyl (C=O) groups is 1. The zero-order valence-electron chi connectivity index (χ0n) is 17.0. The second-order valence-electron chi connectivity index (χ2n) is 7.62. The number of aromatic nitrogens is 2. The van der Waals surface area contributed by atoms with Crippen LogP contribution in [0.1, 0.15) is 22.7 Å². The minimum Gasteiger partial charge on any atom is -0.370 e. The van der Waals surface area contributed by atoms with Crippen molar-refractivity contribution in [3.8, 4) is 11.4 Å². The summed E-state index contributed by atoms with van der Waals surface area (Å²) in [4.78, 5) is 21.1. The molecule has 0 radical (unpaired) electrons. The number of likely N-dealkylation sites (N-methyl/N-ethyl adjacent to an activating group) is 1. The van der Waals surface area contributed by atoms with Crippen molar-refractivity contribution in [3.63, 3.8) is 0 Å². The number of aromatic amines is 1. The number of nitrogens with one attached hydrogen (secondary N) is 4. The number of hydrogen-bond acceptors (Lipinski definition) is 4. The van der Waals surface area contributed by atoms with Gasteiger partial charge in [-0.15, -0.1) is 0 Å². The standard InChI is InChI=1S/C24H22ClN5O/c1-26-24(31)22(28-18-8-7-15-12-27-13-16(15)9-18)19-10-17(25)11-20-21(19)30-23(29-20)14-5-3-2-4-6-14/h2-11,22,27-28H,12-13H2,1H3,(H,26,31)(H,29,30)/t22-/m1/s1. The summed E-state index contributed by atoms with van der Waals surface area (Å²) in [5.74, 6) is 0.574. The summed E-state index contributed by atoms with van der Waals surface area (Å²) in [6.45, 7) is 1.70. The van der Waals surface area contributed by atoms with Crippen molar-refractivity contribution in [2.45, 2.75) is 19.1 Å². The third kappa shape index (κ3) is 3.76. The number of anilines is 1. The van der Waals surface area contributed by atoms with E-state index in [-0.39, 0.29) is 5.91 Å². The summed E-state index contributed by atoms with van der Waals surface area (Å²) in [7, 11) is 1.63. The van der Waals surface area contributed by atoms with Crippen molar-refractivity contribution < 1.29 is 4.79 Å². The van der Waals surface area contributed by atoms with Crippen LogP contribution in [0.2, 0.25) is 5.02 Å². The Morgan fingerprint density at radius 1 is 1.06 bits per heavy atom. The lowest BCUT2D eigenvalue weighted by atomic mass is 10.0. The van der Waals surface area contributed by atoms with Crippen LogP contribution in [0.4, 0.5) is 5.69 Å². The summed E-state index contributed by atoms with van der Waals surface area (Å²) in [5.41, 5.74) is 6.59. The number of H-pyrrole nitrogens is 1. The number of rotatable bonds is 5. The highest BCUT2D eigenvalue weighted by molar-refractivity contribution is 6.31. The van der Waals surface area contributed by atoms with Gasteiger partial charge in [-0.3, -0.25) is 4.79 Å². The van der Waals surface area contributed by atoms with Gasteiger partial charge in [0.2, 0.25) is 5.91 Å². The fraction of sp³-hybridized carbons (Fsp3) is 0.167. The predicted molar refractivity (Wildman–Crippen MR) is 124 cm³/mol. The van der Waals surface area contributed by atoms with Crippen molar-refractivity contribution in [2.24, 2.45) is 0 Å². The van der Waals surface area contributed by atoms with Crippen LogP contribution in [0.5, 0.6) is 0 Å². The highest BCUT2D eigenvalue weighted by atomic mass is 35.5. The number of benzene rings is 3. The molecule has 0 aliphatic carbocycles. The van der Waals surface area contributed by atoms with E-state index >= 15 is 0 Å². The van der Waals surface area contributed by atoms with Gasteiger partial charge in [0, 0.05) is 42.0 Å². The van der Waals surface area contributed by atoms with Crippen LogP contribution in [-0.2, 0) is 17.9 Å². The first-order valence-electron chi connectivity index (χ1n) is 10.2. The molecule has 1 aliphatic heterocycles. The monoisotopic (exact) mass is 431 g/mol. The van der Waals surface area contributed by atoms with Gasteiger partial charge in [0.05, 0.1) is 11.0 Å². The van der Waals surface area contributed by atoms with Crippen LogP contribution >= 0.6 is 11.6 Å². The molecule has 156 valence electrons. The molecule has 0 saturated heterocycles. The summed E-state index contributed by atoms with van der Waals surface area (Å²) in [5, 5.41) is 10.0. The molecule has 3 aromatic carbocycles. The molecule has 0 unspecified atom stereocenters. The SMILES string of the molecule is CNC(=O)[C@H](Nc1ccc2c(c1)CNC2)c1cc(Cl)cc2[nH]c(-c3ccccc3)nc12. The number of hydrogen-bond donors (Lipinski definition) is 4. The van der Waals surface area contributed by atoms with Gasteiger partial charge in [0.25, 0.3) is 0 Å². The van der Waals surface area contributed by atoms with Crippen LogP contribution in [0, 0.1) is 0 Å². The zero-order chi connectivity index (χ0) is 21.4. The van der Waals surface area contributed by atoms with E-state index in [0.717, 1.165) is 41.2 Å². The van der Waals surface area contributed by atoms with Gasteiger partial charge >= 0.3 is 0 Å². The largest absolute Gasteiger partial charge is 0.370 e. The van der Waals surface area contributed by atoms with Crippen molar-refractivity contribution in [3.05, 3.63) is 82.4 Å². The van der Waals surface area contributed by atoms with Crippen LogP contribution in [0.15, 0.2) is 60.7 Å². The van der Waals surface area contributed by atoms with E-state index < -0.39 is 6.04 Å². The Hall–Kier alpha value is -3.35. The van der Waals surface area contributed by atoms with Gasteiger partial charge in [0.15, 0.2) is 0 Å². The van der Waals surface area contributed by atoms with E-state index in [4.69, 9.17) is 16.6 Å². The molecule has 4 aromatic rings. The third-order valence-corrected chi connectivity index (χ3v) is 5.81. The topological polar surface area (TPSA) is 81.8 Å². The number of amides is 1. The molecule has 6 nitrogen and oxygen atoms in total. The third-order valence-electron chi connectivity index (χ3n) is 5.60. The molecule has 0 bridgehead atoms. The molecule has 5 rings (SSSR count). The summed E-state index contributed by atoms with van der Waals surface area (Å²) >= 11 is 6.44. The number of imidazole rings is 1. The maximum absolute atomic E-state index is 12.9. The molecule has 0 spiro atoms. The number of fused-ring (bicyclic) bond motifs is 2. The van der Waals surface area contributed by atoms with Crippen molar-refractivity contribution >= 4 is 34.2 Å². The van der Waals surface area contributed by atoms with E-state index in [9.17, 15) is 4.79 Å². The molecular formula is C24H22ClN5O. The molecule has 1 atom stereocenters. The average molecular weight is 432 g/mol. The predicted octanol–water partition coefficient (Wildman–Crippen LogP) is 4.39. The summed E-state index contributed by atoms with van der Waals surface area (Å²) in [6, 6.07) is 19.1. The summed E-state index contributed by atoms with van der Waals surface area (Å²) < 4.78 is 0. The second-order valence-corrected chi connectivity index (χ2v) is 8.06. The Morgan fingerprint density at radius 3 is 2.68 bits per heavy atom. The lowest BCUT2D eigenvalue weighted by Gasteiger charge is -2.20. The Morgan fingerprint density at radius 2 is 1.87 bits per heavy atom. The van der Waals surface area contributed by atoms with Crippen LogP contribution in [-0.4, -0.2) is 22.9 Å². The van der Waals surface area contributed by atoms with E-state index in [2.05, 4.69) is 33.1 Å². The maximum Gasteiger partial charge on any atom is 0.246 e. The van der Waals surface area contributed by atoms with E-state index in [0.29, 0.717) is 10.5 Å². The Bertz CT molecular complexity index is 1270. The van der Waals surface area contributed by atoms with Crippen LogP contribution < -0.4 is 16.0 Å². The summed E-state index contributed by atoms with van der Waals surface area (Å²) in [6.07, 6.45) is 0. The average Bonchev–Trinajstić information content (AvgIpc) is 3.43. The van der Waals surface area contributed by atoms with Gasteiger partial charge in [0.1, 0.15) is 11.9 Å². The first-order chi connectivity index (χ1) is 15.1. The molecule has 1 aromatic heterocycles. The molecule has 7 heteroatoms. The maximum atomic E-state index is 12.9. The quantitative estimate of drug-likeness (QED) is 0.378. The number of carbonyl (C=O) groups excluding carboxylic acids is 1. The molecule has 0 fully saturated rings. The number of nitrogens with zero attached hydrogens (tertiary/aromatic N) is 1. The van der Waals surface area contributed by atoms with Crippen molar-refractivity contribution in [1.29, 1.82) is 0 Å². The molecule has 1 amide bonds. The highest BCUT2D eigenvalue weighted by Gasteiger charge is 2.25. The molecule has 4 N–H and O–H groups in total. The molecule has 1 aliphatic rings. The fourth-order valence-corrected chi connectivity index (χ4v) is 4.27. The fourth-order valence-electron chi connectivity index (χ4n) is 4.04. The minimum atomic E-state index is -0.648. The lowest BCUT2D eigenvalue weighted by Crippen LogP contribution is -2.31. The molecule has 0 saturated carbocycles. The highest BCUT2D eigenvalue weighted by Crippen LogP contribution is 2.32. The zero-order valence-corrected chi connectivity index (χ0v) is 17.8. The van der Waals surface area contributed by atoms with E-state index in [1.54, 1.807) is 13.1 Å².